The van der Waals surface area contributed by atoms with Gasteiger partial charge < -0.3 is 10.4 Å². The molecule has 2 N–H and O–H groups in total. The molecule has 0 bridgehead atoms. The second-order valence-corrected chi connectivity index (χ2v) is 4.49. The number of rotatable bonds is 4. The van der Waals surface area contributed by atoms with Crippen molar-refractivity contribution in [3.63, 3.8) is 0 Å². The van der Waals surface area contributed by atoms with E-state index in [9.17, 15) is 20.0 Å². The molecule has 2 aromatic rings. The summed E-state index contributed by atoms with van der Waals surface area (Å²) in [7, 11) is 0. The van der Waals surface area contributed by atoms with Crippen LogP contribution in [0.1, 0.15) is 12.5 Å². The van der Waals surface area contributed by atoms with Crippen molar-refractivity contribution >= 4 is 29.2 Å². The third-order valence-corrected chi connectivity index (χ3v) is 2.76. The molecule has 1 amide bonds. The number of aliphatic imine (C=N–C) groups is 1. The van der Waals surface area contributed by atoms with Gasteiger partial charge in [-0.1, -0.05) is 0 Å². The molecule has 0 spiro atoms. The molecular weight excluding hydrogens is 286 g/mol. The molecule has 2 aromatic carbocycles. The highest BCUT2D eigenvalue weighted by molar-refractivity contribution is 5.89. The first kappa shape index (κ1) is 15.2. The zero-order chi connectivity index (χ0) is 16.1. The summed E-state index contributed by atoms with van der Waals surface area (Å²) in [5.74, 6) is -0.262. The van der Waals surface area contributed by atoms with Gasteiger partial charge in [0.05, 0.1) is 10.6 Å². The minimum absolute atomic E-state index is 0.0933. The molecule has 0 heterocycles. The van der Waals surface area contributed by atoms with Gasteiger partial charge in [-0.15, -0.1) is 0 Å². The first-order valence-corrected chi connectivity index (χ1v) is 6.35. The predicted molar refractivity (Wildman–Crippen MR) is 82.8 cm³/mol. The molecule has 0 unspecified atom stereocenters. The number of carbonyl (C=O) groups is 1. The Morgan fingerprint density at radius 3 is 2.55 bits per heavy atom. The van der Waals surface area contributed by atoms with Crippen LogP contribution in [0.15, 0.2) is 47.5 Å². The summed E-state index contributed by atoms with van der Waals surface area (Å²) < 4.78 is 0. The molecular formula is C15H13N3O4. The number of nitro benzene ring substituents is 1. The maximum absolute atomic E-state index is 10.9. The number of benzene rings is 2. The van der Waals surface area contributed by atoms with Gasteiger partial charge in [0.2, 0.25) is 5.91 Å². The average molecular weight is 299 g/mol. The van der Waals surface area contributed by atoms with E-state index in [0.29, 0.717) is 11.4 Å². The molecule has 0 aliphatic carbocycles. The van der Waals surface area contributed by atoms with Crippen LogP contribution in [0.5, 0.6) is 5.75 Å². The number of amides is 1. The molecule has 22 heavy (non-hydrogen) atoms. The Morgan fingerprint density at radius 1 is 1.27 bits per heavy atom. The fourth-order valence-electron chi connectivity index (χ4n) is 1.74. The van der Waals surface area contributed by atoms with Crippen molar-refractivity contribution in [2.45, 2.75) is 6.92 Å². The van der Waals surface area contributed by atoms with Gasteiger partial charge in [-0.3, -0.25) is 19.9 Å². The number of anilines is 1. The summed E-state index contributed by atoms with van der Waals surface area (Å²) in [5, 5.41) is 23.0. The van der Waals surface area contributed by atoms with Crippen molar-refractivity contribution in [3.8, 4) is 5.75 Å². The standard InChI is InChI=1S/C15H13N3O4/c1-10(19)17-13-4-2-12(3-5-13)16-9-11-8-14(18(21)22)6-7-15(11)20/h2-9,20H,1H3,(H,17,19). The summed E-state index contributed by atoms with van der Waals surface area (Å²) in [4.78, 5) is 25.2. The van der Waals surface area contributed by atoms with Gasteiger partial charge in [0, 0.05) is 36.5 Å². The molecule has 112 valence electrons. The summed E-state index contributed by atoms with van der Waals surface area (Å²) in [6.45, 7) is 1.41. The van der Waals surface area contributed by atoms with Gasteiger partial charge in [0.25, 0.3) is 5.69 Å². The Bertz CT molecular complexity index is 739. The van der Waals surface area contributed by atoms with Gasteiger partial charge >= 0.3 is 0 Å². The smallest absolute Gasteiger partial charge is 0.270 e. The van der Waals surface area contributed by atoms with E-state index >= 15 is 0 Å². The molecule has 0 atom stereocenters. The molecule has 0 radical (unpaired) electrons. The van der Waals surface area contributed by atoms with E-state index in [1.807, 2.05) is 0 Å². The van der Waals surface area contributed by atoms with Crippen LogP contribution in [0.3, 0.4) is 0 Å². The van der Waals surface area contributed by atoms with Crippen LogP contribution in [-0.4, -0.2) is 22.2 Å². The Hall–Kier alpha value is -3.22. The van der Waals surface area contributed by atoms with Gasteiger partial charge in [0.1, 0.15) is 5.75 Å². The lowest BCUT2D eigenvalue weighted by Gasteiger charge is -2.02. The van der Waals surface area contributed by atoms with Crippen LogP contribution >= 0.6 is 0 Å². The van der Waals surface area contributed by atoms with Gasteiger partial charge in [-0.2, -0.15) is 0 Å². The van der Waals surface area contributed by atoms with Crippen LogP contribution < -0.4 is 5.32 Å². The molecule has 0 aromatic heterocycles. The number of nitro groups is 1. The van der Waals surface area contributed by atoms with Crippen molar-refractivity contribution in [2.24, 2.45) is 4.99 Å². The maximum atomic E-state index is 10.9. The van der Waals surface area contributed by atoms with Crippen molar-refractivity contribution in [2.75, 3.05) is 5.32 Å². The van der Waals surface area contributed by atoms with Crippen LogP contribution in [0.4, 0.5) is 17.1 Å². The fraction of sp³-hybridized carbons (Fsp3) is 0.0667. The van der Waals surface area contributed by atoms with Crippen molar-refractivity contribution in [1.82, 2.24) is 0 Å². The topological polar surface area (TPSA) is 105 Å². The fourth-order valence-corrected chi connectivity index (χ4v) is 1.74. The lowest BCUT2D eigenvalue weighted by Crippen LogP contribution is -2.04. The zero-order valence-corrected chi connectivity index (χ0v) is 11.7. The largest absolute Gasteiger partial charge is 0.507 e. The Kier molecular flexibility index (Phi) is 4.47. The highest BCUT2D eigenvalue weighted by Crippen LogP contribution is 2.22. The summed E-state index contributed by atoms with van der Waals surface area (Å²) >= 11 is 0. The third kappa shape index (κ3) is 3.89. The third-order valence-electron chi connectivity index (χ3n) is 2.76. The minimum atomic E-state index is -0.543. The highest BCUT2D eigenvalue weighted by Gasteiger charge is 2.08. The number of phenols is 1. The average Bonchev–Trinajstić information content (AvgIpc) is 2.47. The van der Waals surface area contributed by atoms with Gasteiger partial charge in [0.15, 0.2) is 0 Å². The number of phenolic OH excluding ortho intramolecular Hbond substituents is 1. The van der Waals surface area contributed by atoms with E-state index in [4.69, 9.17) is 0 Å². The van der Waals surface area contributed by atoms with Crippen LogP contribution in [0.2, 0.25) is 0 Å². The molecule has 0 aliphatic heterocycles. The van der Waals surface area contributed by atoms with Crippen LogP contribution in [0, 0.1) is 10.1 Å². The van der Waals surface area contributed by atoms with E-state index in [2.05, 4.69) is 10.3 Å². The van der Waals surface area contributed by atoms with E-state index in [0.717, 1.165) is 0 Å². The molecule has 0 aliphatic rings. The predicted octanol–water partition coefficient (Wildman–Crippen LogP) is 3.01. The quantitative estimate of drug-likeness (QED) is 0.514. The van der Waals surface area contributed by atoms with Gasteiger partial charge in [-0.25, -0.2) is 0 Å². The van der Waals surface area contributed by atoms with Crippen LogP contribution in [-0.2, 0) is 4.79 Å². The zero-order valence-electron chi connectivity index (χ0n) is 11.7. The lowest BCUT2D eigenvalue weighted by atomic mass is 10.2. The summed E-state index contributed by atoms with van der Waals surface area (Å²) in [6.07, 6.45) is 1.34. The Morgan fingerprint density at radius 2 is 1.95 bits per heavy atom. The van der Waals surface area contributed by atoms with Crippen molar-refractivity contribution in [3.05, 3.63) is 58.1 Å². The first-order chi connectivity index (χ1) is 10.5. The number of non-ortho nitro benzene ring substituents is 1. The Balaban J connectivity index is 2.19. The van der Waals surface area contributed by atoms with Crippen molar-refractivity contribution < 1.29 is 14.8 Å². The molecule has 0 saturated carbocycles. The van der Waals surface area contributed by atoms with E-state index in [1.54, 1.807) is 24.3 Å². The second kappa shape index (κ2) is 6.49. The number of hydrogen-bond acceptors (Lipinski definition) is 5. The maximum Gasteiger partial charge on any atom is 0.270 e. The lowest BCUT2D eigenvalue weighted by molar-refractivity contribution is -0.384. The number of nitrogens with zero attached hydrogens (tertiary/aromatic N) is 2. The number of hydrogen-bond donors (Lipinski definition) is 2. The Labute approximate surface area is 126 Å². The number of nitrogens with one attached hydrogen (secondary N) is 1. The van der Waals surface area contributed by atoms with Crippen LogP contribution in [0.25, 0.3) is 0 Å². The van der Waals surface area contributed by atoms with Gasteiger partial charge in [-0.05, 0) is 30.3 Å². The molecule has 7 nitrogen and oxygen atoms in total. The second-order valence-electron chi connectivity index (χ2n) is 4.49. The van der Waals surface area contributed by atoms with E-state index in [-0.39, 0.29) is 22.9 Å². The molecule has 0 saturated heterocycles. The molecule has 2 rings (SSSR count). The monoisotopic (exact) mass is 299 g/mol. The van der Waals surface area contributed by atoms with Crippen molar-refractivity contribution in [1.29, 1.82) is 0 Å². The minimum Gasteiger partial charge on any atom is -0.507 e. The van der Waals surface area contributed by atoms with E-state index < -0.39 is 4.92 Å². The molecule has 7 heteroatoms. The van der Waals surface area contributed by atoms with E-state index in [1.165, 1.54) is 31.3 Å². The normalized spacial score (nSPS) is 10.6. The first-order valence-electron chi connectivity index (χ1n) is 6.35. The number of aromatic hydroxyl groups is 1. The molecule has 0 fully saturated rings. The number of carbonyl (C=O) groups excluding carboxylic acids is 1. The summed E-state index contributed by atoms with van der Waals surface area (Å²) in [6, 6.07) is 10.4. The highest BCUT2D eigenvalue weighted by atomic mass is 16.6. The SMILES string of the molecule is CC(=O)Nc1ccc(N=Cc2cc([N+](=O)[O-])ccc2O)cc1. The summed E-state index contributed by atoms with van der Waals surface area (Å²) in [5.41, 5.74) is 1.35.